The zero-order chi connectivity index (χ0) is 13.1. The number of carbonyl (C=O) groups is 1. The molecule has 100 valence electrons. The minimum Gasteiger partial charge on any atom is -0.459 e. The summed E-state index contributed by atoms with van der Waals surface area (Å²) >= 11 is 0. The van der Waals surface area contributed by atoms with Crippen LogP contribution in [0.2, 0.25) is 0 Å². The zero-order valence-electron chi connectivity index (χ0n) is 10.3. The van der Waals surface area contributed by atoms with Crippen LogP contribution in [0, 0.1) is 0 Å². The molecule has 0 fully saturated rings. The van der Waals surface area contributed by atoms with E-state index in [-0.39, 0.29) is 19.2 Å². The molecule has 0 aliphatic heterocycles. The summed E-state index contributed by atoms with van der Waals surface area (Å²) in [7, 11) is 0. The van der Waals surface area contributed by atoms with Crippen LogP contribution in [0.5, 0.6) is 0 Å². The molecule has 1 aromatic carbocycles. The molecule has 0 heterocycles. The summed E-state index contributed by atoms with van der Waals surface area (Å²) in [4.78, 5) is 11.3. The minimum absolute atomic E-state index is 0.0567. The Balaban J connectivity index is 2.01. The number of carbonyl (C=O) groups excluding carboxylic acids is 1. The van der Waals surface area contributed by atoms with Gasteiger partial charge in [-0.2, -0.15) is 0 Å². The van der Waals surface area contributed by atoms with Gasteiger partial charge >= 0.3 is 5.97 Å². The second kappa shape index (κ2) is 9.58. The van der Waals surface area contributed by atoms with Gasteiger partial charge in [0.2, 0.25) is 0 Å². The Kier molecular flexibility index (Phi) is 7.79. The number of benzene rings is 1. The van der Waals surface area contributed by atoms with Crippen molar-refractivity contribution in [3.63, 3.8) is 0 Å². The van der Waals surface area contributed by atoms with Gasteiger partial charge < -0.3 is 19.9 Å². The monoisotopic (exact) mass is 253 g/mol. The van der Waals surface area contributed by atoms with Gasteiger partial charge in [0.25, 0.3) is 0 Å². The Hall–Kier alpha value is -1.43. The normalized spacial score (nSPS) is 10.3. The molecule has 0 spiro atoms. The lowest BCUT2D eigenvalue weighted by Gasteiger charge is -2.06. The van der Waals surface area contributed by atoms with Crippen molar-refractivity contribution in [2.45, 2.75) is 6.61 Å². The molecular weight excluding hydrogens is 234 g/mol. The van der Waals surface area contributed by atoms with Crippen molar-refractivity contribution in [1.29, 1.82) is 0 Å². The summed E-state index contributed by atoms with van der Waals surface area (Å²) < 4.78 is 15.2. The van der Waals surface area contributed by atoms with Gasteiger partial charge in [-0.05, 0) is 5.56 Å². The Morgan fingerprint density at radius 2 is 1.78 bits per heavy atom. The molecule has 0 atom stereocenters. The van der Waals surface area contributed by atoms with Crippen LogP contribution in [-0.4, -0.2) is 38.9 Å². The van der Waals surface area contributed by atoms with Crippen molar-refractivity contribution in [3.8, 4) is 0 Å². The van der Waals surface area contributed by atoms with Crippen LogP contribution >= 0.6 is 0 Å². The highest BCUT2D eigenvalue weighted by atomic mass is 16.6. The maximum absolute atomic E-state index is 11.3. The molecule has 1 aromatic rings. The van der Waals surface area contributed by atoms with Crippen molar-refractivity contribution >= 4 is 5.97 Å². The molecule has 0 aliphatic rings. The van der Waals surface area contributed by atoms with E-state index in [0.717, 1.165) is 5.56 Å². The molecule has 0 unspecified atom stereocenters. The van der Waals surface area contributed by atoms with E-state index in [9.17, 15) is 4.79 Å². The highest BCUT2D eigenvalue weighted by molar-refractivity contribution is 5.70. The first-order valence-electron chi connectivity index (χ1n) is 5.88. The van der Waals surface area contributed by atoms with E-state index in [4.69, 9.17) is 19.9 Å². The molecule has 0 saturated heterocycles. The summed E-state index contributed by atoms with van der Waals surface area (Å²) in [6.07, 6.45) is 0. The van der Waals surface area contributed by atoms with Crippen LogP contribution in [0.1, 0.15) is 5.56 Å². The van der Waals surface area contributed by atoms with E-state index in [1.807, 2.05) is 30.3 Å². The van der Waals surface area contributed by atoms with Crippen molar-refractivity contribution in [1.82, 2.24) is 0 Å². The predicted octanol–water partition coefficient (Wildman–Crippen LogP) is 0.722. The molecule has 18 heavy (non-hydrogen) atoms. The molecule has 5 heteroatoms. The summed E-state index contributed by atoms with van der Waals surface area (Å²) in [5, 5.41) is 0. The summed E-state index contributed by atoms with van der Waals surface area (Å²) in [5.41, 5.74) is 6.20. The number of hydrogen-bond acceptors (Lipinski definition) is 5. The van der Waals surface area contributed by atoms with E-state index in [2.05, 4.69) is 0 Å². The fraction of sp³-hybridized carbons (Fsp3) is 0.462. The van der Waals surface area contributed by atoms with Crippen molar-refractivity contribution in [2.75, 3.05) is 33.0 Å². The van der Waals surface area contributed by atoms with Crippen LogP contribution < -0.4 is 5.73 Å². The molecule has 5 nitrogen and oxygen atoms in total. The highest BCUT2D eigenvalue weighted by Gasteiger charge is 2.03. The van der Waals surface area contributed by atoms with Crippen LogP contribution in [0.4, 0.5) is 0 Å². The third kappa shape index (κ3) is 7.01. The number of rotatable bonds is 9. The zero-order valence-corrected chi connectivity index (χ0v) is 10.3. The minimum atomic E-state index is -0.377. The van der Waals surface area contributed by atoms with Gasteiger partial charge in [-0.1, -0.05) is 30.3 Å². The highest BCUT2D eigenvalue weighted by Crippen LogP contribution is 2.00. The van der Waals surface area contributed by atoms with Gasteiger partial charge in [-0.3, -0.25) is 0 Å². The topological polar surface area (TPSA) is 70.8 Å². The fourth-order valence-corrected chi connectivity index (χ4v) is 1.24. The molecule has 0 saturated carbocycles. The van der Waals surface area contributed by atoms with Crippen molar-refractivity contribution < 1.29 is 19.0 Å². The first-order chi connectivity index (χ1) is 8.83. The number of nitrogens with two attached hydrogens (primary N) is 1. The number of ether oxygens (including phenoxy) is 3. The molecule has 0 aromatic heterocycles. The molecule has 0 aliphatic carbocycles. The molecule has 1 rings (SSSR count). The third-order valence-electron chi connectivity index (χ3n) is 2.10. The lowest BCUT2D eigenvalue weighted by Crippen LogP contribution is -2.16. The molecule has 0 amide bonds. The quantitative estimate of drug-likeness (QED) is 0.518. The second-order valence-corrected chi connectivity index (χ2v) is 3.60. The molecule has 0 radical (unpaired) electrons. The molecule has 2 N–H and O–H groups in total. The van der Waals surface area contributed by atoms with Gasteiger partial charge in [-0.15, -0.1) is 0 Å². The summed E-state index contributed by atoms with van der Waals surface area (Å²) in [5.74, 6) is -0.377. The van der Waals surface area contributed by atoms with Crippen LogP contribution in [0.3, 0.4) is 0 Å². The predicted molar refractivity (Wildman–Crippen MR) is 66.9 cm³/mol. The average Bonchev–Trinajstić information content (AvgIpc) is 2.41. The SMILES string of the molecule is NCCOCCOCC(=O)OCc1ccccc1. The third-order valence-corrected chi connectivity index (χ3v) is 2.10. The summed E-state index contributed by atoms with van der Waals surface area (Å²) in [6.45, 7) is 2.00. The molecular formula is C13H19NO4. The maximum Gasteiger partial charge on any atom is 0.332 e. The van der Waals surface area contributed by atoms with Gasteiger partial charge in [0.1, 0.15) is 13.2 Å². The van der Waals surface area contributed by atoms with Gasteiger partial charge in [0, 0.05) is 6.54 Å². The first kappa shape index (κ1) is 14.6. The molecule has 0 bridgehead atoms. The lowest BCUT2D eigenvalue weighted by molar-refractivity contribution is -0.150. The number of hydrogen-bond donors (Lipinski definition) is 1. The van der Waals surface area contributed by atoms with Gasteiger partial charge in [-0.25, -0.2) is 4.79 Å². The van der Waals surface area contributed by atoms with Crippen molar-refractivity contribution in [3.05, 3.63) is 35.9 Å². The summed E-state index contributed by atoms with van der Waals surface area (Å²) in [6, 6.07) is 9.50. The maximum atomic E-state index is 11.3. The van der Waals surface area contributed by atoms with E-state index >= 15 is 0 Å². The smallest absolute Gasteiger partial charge is 0.332 e. The van der Waals surface area contributed by atoms with Gasteiger partial charge in [0.05, 0.1) is 19.8 Å². The average molecular weight is 253 g/mol. The van der Waals surface area contributed by atoms with Crippen LogP contribution in [0.15, 0.2) is 30.3 Å². The van der Waals surface area contributed by atoms with Gasteiger partial charge in [0.15, 0.2) is 0 Å². The lowest BCUT2D eigenvalue weighted by atomic mass is 10.2. The van der Waals surface area contributed by atoms with Crippen LogP contribution in [0.25, 0.3) is 0 Å². The van der Waals surface area contributed by atoms with Crippen molar-refractivity contribution in [2.24, 2.45) is 5.73 Å². The first-order valence-corrected chi connectivity index (χ1v) is 5.88. The standard InChI is InChI=1S/C13H19NO4/c14-6-7-16-8-9-17-11-13(15)18-10-12-4-2-1-3-5-12/h1-5H,6-11,14H2. The Bertz CT molecular complexity index is 329. The largest absolute Gasteiger partial charge is 0.459 e. The van der Waals surface area contributed by atoms with Crippen LogP contribution in [-0.2, 0) is 25.6 Å². The Morgan fingerprint density at radius 1 is 1.06 bits per heavy atom. The Morgan fingerprint density at radius 3 is 2.50 bits per heavy atom. The number of esters is 1. The van der Waals surface area contributed by atoms with E-state index in [1.54, 1.807) is 0 Å². The second-order valence-electron chi connectivity index (χ2n) is 3.60. The van der Waals surface area contributed by atoms with E-state index in [0.29, 0.717) is 26.4 Å². The fourth-order valence-electron chi connectivity index (χ4n) is 1.24. The van der Waals surface area contributed by atoms with E-state index in [1.165, 1.54) is 0 Å². The Labute approximate surface area is 107 Å². The van der Waals surface area contributed by atoms with E-state index < -0.39 is 0 Å².